The monoisotopic (exact) mass is 242 g/mol. The summed E-state index contributed by atoms with van der Waals surface area (Å²) in [5.41, 5.74) is 0. The Kier molecular flexibility index (Phi) is 5.46. The molecule has 0 aromatic rings. The maximum Gasteiger partial charge on any atom is 0.0459 e. The van der Waals surface area contributed by atoms with Crippen LogP contribution in [0.25, 0.3) is 0 Å². The van der Waals surface area contributed by atoms with Gasteiger partial charge in [-0.2, -0.15) is 12.6 Å². The quantitative estimate of drug-likeness (QED) is 0.663. The molecule has 1 saturated carbocycles. The number of nitrogens with one attached hydrogen (secondary N) is 2. The predicted octanol–water partition coefficient (Wildman–Crippen LogP) is 2.55. The predicted molar refractivity (Wildman–Crippen MR) is 73.0 cm³/mol. The molecule has 94 valence electrons. The molecule has 1 saturated heterocycles. The van der Waals surface area contributed by atoms with E-state index < -0.39 is 0 Å². The van der Waals surface area contributed by atoms with Gasteiger partial charge < -0.3 is 5.32 Å². The molecule has 1 aliphatic heterocycles. The molecule has 2 rings (SSSR count). The Bertz CT molecular complexity index is 190. The van der Waals surface area contributed by atoms with Crippen molar-refractivity contribution in [2.75, 3.05) is 12.4 Å². The number of hydrogen-bond donors (Lipinski definition) is 3. The van der Waals surface area contributed by atoms with E-state index in [-0.39, 0.29) is 0 Å². The first-order chi connectivity index (χ1) is 7.92. The molecule has 0 spiro atoms. The van der Waals surface area contributed by atoms with E-state index in [2.05, 4.69) is 23.3 Å². The van der Waals surface area contributed by atoms with E-state index in [1.165, 1.54) is 51.4 Å². The van der Waals surface area contributed by atoms with Gasteiger partial charge in [-0.15, -0.1) is 0 Å². The molecule has 3 heteroatoms. The van der Waals surface area contributed by atoms with E-state index in [0.29, 0.717) is 12.1 Å². The Morgan fingerprint density at radius 1 is 0.938 bits per heavy atom. The maximum absolute atomic E-state index is 4.37. The summed E-state index contributed by atoms with van der Waals surface area (Å²) >= 11 is 4.37. The highest BCUT2D eigenvalue weighted by Crippen LogP contribution is 2.28. The van der Waals surface area contributed by atoms with Gasteiger partial charge in [0.15, 0.2) is 0 Å². The van der Waals surface area contributed by atoms with Crippen molar-refractivity contribution in [1.29, 1.82) is 0 Å². The van der Waals surface area contributed by atoms with E-state index in [1.54, 1.807) is 0 Å². The first-order valence-electron chi connectivity index (χ1n) is 6.99. The zero-order chi connectivity index (χ0) is 11.2. The second-order valence-electron chi connectivity index (χ2n) is 5.33. The Morgan fingerprint density at radius 2 is 1.62 bits per heavy atom. The van der Waals surface area contributed by atoms with Crippen molar-refractivity contribution in [1.82, 2.24) is 10.6 Å². The minimum Gasteiger partial charge on any atom is -0.300 e. The second-order valence-corrected chi connectivity index (χ2v) is 5.78. The first kappa shape index (κ1) is 12.7. The Labute approximate surface area is 105 Å². The molecule has 0 bridgehead atoms. The lowest BCUT2D eigenvalue weighted by Crippen LogP contribution is -2.40. The molecule has 2 atom stereocenters. The molecule has 2 N–H and O–H groups in total. The van der Waals surface area contributed by atoms with Crippen LogP contribution in [0, 0.1) is 5.92 Å². The van der Waals surface area contributed by atoms with Gasteiger partial charge in [0.1, 0.15) is 0 Å². The molecule has 2 nitrogen and oxygen atoms in total. The van der Waals surface area contributed by atoms with Crippen LogP contribution in [0.5, 0.6) is 0 Å². The fourth-order valence-electron chi connectivity index (χ4n) is 3.34. The lowest BCUT2D eigenvalue weighted by molar-refractivity contribution is 0.282. The third-order valence-electron chi connectivity index (χ3n) is 4.23. The third kappa shape index (κ3) is 3.38. The summed E-state index contributed by atoms with van der Waals surface area (Å²) in [5, 5.41) is 7.25. The van der Waals surface area contributed by atoms with Crippen molar-refractivity contribution >= 4 is 12.6 Å². The molecule has 1 heterocycles. The Hall–Kier alpha value is 0.270. The van der Waals surface area contributed by atoms with Crippen molar-refractivity contribution < 1.29 is 0 Å². The van der Waals surface area contributed by atoms with E-state index in [9.17, 15) is 0 Å². The minimum absolute atomic E-state index is 0.668. The van der Waals surface area contributed by atoms with Crippen LogP contribution in [0.2, 0.25) is 0 Å². The van der Waals surface area contributed by atoms with Crippen molar-refractivity contribution in [2.45, 2.75) is 63.5 Å². The highest BCUT2D eigenvalue weighted by molar-refractivity contribution is 7.80. The first-order valence-corrected chi connectivity index (χ1v) is 7.62. The summed E-state index contributed by atoms with van der Waals surface area (Å²) in [5.74, 6) is 1.91. The molecule has 0 amide bonds. The third-order valence-corrected chi connectivity index (χ3v) is 4.49. The van der Waals surface area contributed by atoms with Crippen LogP contribution in [0.15, 0.2) is 0 Å². The van der Waals surface area contributed by atoms with Crippen LogP contribution in [-0.2, 0) is 0 Å². The average molecular weight is 242 g/mol. The molecule has 2 fully saturated rings. The molecule has 0 aromatic carbocycles. The highest BCUT2D eigenvalue weighted by atomic mass is 32.1. The summed E-state index contributed by atoms with van der Waals surface area (Å²) in [6.45, 7) is 1.000. The van der Waals surface area contributed by atoms with Gasteiger partial charge in [-0.25, -0.2) is 0 Å². The second kappa shape index (κ2) is 6.87. The van der Waals surface area contributed by atoms with Crippen LogP contribution < -0.4 is 10.6 Å². The van der Waals surface area contributed by atoms with Crippen LogP contribution in [0.4, 0.5) is 0 Å². The lowest BCUT2D eigenvalue weighted by Gasteiger charge is -2.29. The molecule has 16 heavy (non-hydrogen) atoms. The Balaban J connectivity index is 1.87. The fourth-order valence-corrected chi connectivity index (χ4v) is 3.62. The summed E-state index contributed by atoms with van der Waals surface area (Å²) in [4.78, 5) is 0. The summed E-state index contributed by atoms with van der Waals surface area (Å²) in [6.07, 6.45) is 11.3. The smallest absolute Gasteiger partial charge is 0.0459 e. The van der Waals surface area contributed by atoms with Gasteiger partial charge in [-0.1, -0.05) is 32.1 Å². The van der Waals surface area contributed by atoms with Gasteiger partial charge in [0.25, 0.3) is 0 Å². The summed E-state index contributed by atoms with van der Waals surface area (Å²) in [7, 11) is 0. The van der Waals surface area contributed by atoms with E-state index in [1.807, 2.05) is 0 Å². The normalized spacial score (nSPS) is 33.6. The van der Waals surface area contributed by atoms with Crippen LogP contribution in [0.1, 0.15) is 51.4 Å². The fraction of sp³-hybridized carbons (Fsp3) is 1.00. The molecule has 2 unspecified atom stereocenters. The van der Waals surface area contributed by atoms with Crippen molar-refractivity contribution in [3.8, 4) is 0 Å². The number of thiol groups is 1. The zero-order valence-corrected chi connectivity index (χ0v) is 11.1. The molecule has 1 aliphatic carbocycles. The van der Waals surface area contributed by atoms with Gasteiger partial charge in [0.2, 0.25) is 0 Å². The number of hydrogen-bond acceptors (Lipinski definition) is 3. The van der Waals surface area contributed by atoms with Crippen molar-refractivity contribution in [2.24, 2.45) is 5.92 Å². The highest BCUT2D eigenvalue weighted by Gasteiger charge is 2.32. The maximum atomic E-state index is 4.37. The van der Waals surface area contributed by atoms with Gasteiger partial charge in [-0.05, 0) is 30.9 Å². The topological polar surface area (TPSA) is 24.1 Å². The molecule has 0 aromatic heterocycles. The summed E-state index contributed by atoms with van der Waals surface area (Å²) in [6, 6.07) is 1.38. The van der Waals surface area contributed by atoms with Crippen LogP contribution in [-0.4, -0.2) is 24.5 Å². The average Bonchev–Trinajstić information content (AvgIpc) is 2.66. The van der Waals surface area contributed by atoms with E-state index >= 15 is 0 Å². The molecular formula is C13H26N2S. The minimum atomic E-state index is 0.668. The lowest BCUT2D eigenvalue weighted by atomic mass is 9.83. The van der Waals surface area contributed by atoms with Crippen LogP contribution >= 0.6 is 12.6 Å². The van der Waals surface area contributed by atoms with E-state index in [4.69, 9.17) is 0 Å². The largest absolute Gasteiger partial charge is 0.300 e. The standard InChI is InChI=1S/C13H26N2S/c16-9-8-12-13(15-10-14-12)11-6-4-2-1-3-5-7-11/h11-16H,1-10H2. The van der Waals surface area contributed by atoms with Gasteiger partial charge in [-0.3, -0.25) is 5.32 Å². The van der Waals surface area contributed by atoms with Crippen molar-refractivity contribution in [3.63, 3.8) is 0 Å². The molecule has 2 aliphatic rings. The van der Waals surface area contributed by atoms with Gasteiger partial charge >= 0.3 is 0 Å². The SMILES string of the molecule is SCCC1NCNC1C1CCCCCCC1. The Morgan fingerprint density at radius 3 is 2.31 bits per heavy atom. The van der Waals surface area contributed by atoms with Gasteiger partial charge in [0, 0.05) is 18.8 Å². The summed E-state index contributed by atoms with van der Waals surface area (Å²) < 4.78 is 0. The van der Waals surface area contributed by atoms with Crippen LogP contribution in [0.3, 0.4) is 0 Å². The molecule has 0 radical (unpaired) electrons. The van der Waals surface area contributed by atoms with E-state index in [0.717, 1.165) is 18.3 Å². The van der Waals surface area contributed by atoms with Gasteiger partial charge in [0.05, 0.1) is 0 Å². The number of rotatable bonds is 3. The zero-order valence-electron chi connectivity index (χ0n) is 10.3. The molecular weight excluding hydrogens is 216 g/mol. The van der Waals surface area contributed by atoms with Crippen molar-refractivity contribution in [3.05, 3.63) is 0 Å².